The number of aliphatic hydroxyl groups is 1. The number of hydrogen-bond acceptors (Lipinski definition) is 4. The van der Waals surface area contributed by atoms with E-state index in [-0.39, 0.29) is 18.6 Å². The number of carbonyl (C=O) groups is 1. The zero-order valence-electron chi connectivity index (χ0n) is 15.1. The Morgan fingerprint density at radius 1 is 1.23 bits per heavy atom. The Labute approximate surface area is 154 Å². The minimum atomic E-state index is -0.0835. The first-order valence-electron chi connectivity index (χ1n) is 8.95. The monoisotopic (exact) mass is 355 g/mol. The molecule has 0 aliphatic carbocycles. The summed E-state index contributed by atoms with van der Waals surface area (Å²) in [6.45, 7) is 1.12. The fourth-order valence-corrected chi connectivity index (χ4v) is 3.16. The number of amides is 1. The number of aliphatic hydroxyl groups excluding tert-OH is 1. The molecule has 1 atom stereocenters. The van der Waals surface area contributed by atoms with E-state index >= 15 is 0 Å². The molecule has 0 fully saturated rings. The Morgan fingerprint density at radius 3 is 2.81 bits per heavy atom. The van der Waals surface area contributed by atoms with Crippen molar-refractivity contribution in [2.75, 3.05) is 20.3 Å². The average Bonchev–Trinajstić information content (AvgIpc) is 2.67. The Morgan fingerprint density at radius 2 is 2.04 bits per heavy atom. The second kappa shape index (κ2) is 8.94. The maximum absolute atomic E-state index is 12.4. The van der Waals surface area contributed by atoms with E-state index in [9.17, 15) is 4.79 Å². The summed E-state index contributed by atoms with van der Waals surface area (Å²) >= 11 is 0. The molecule has 138 valence electrons. The molecule has 0 saturated heterocycles. The van der Waals surface area contributed by atoms with Crippen molar-refractivity contribution in [3.05, 3.63) is 70.8 Å². The number of likely N-dealkylation sites (N-methyl/N-ethyl adjacent to an activating group) is 1. The Bertz CT molecular complexity index is 732. The summed E-state index contributed by atoms with van der Waals surface area (Å²) in [5.41, 5.74) is 4.31. The van der Waals surface area contributed by atoms with Crippen molar-refractivity contribution in [3.8, 4) is 0 Å². The van der Waals surface area contributed by atoms with Gasteiger partial charge >= 0.3 is 0 Å². The van der Waals surface area contributed by atoms with E-state index in [4.69, 9.17) is 14.7 Å². The molecule has 0 aromatic heterocycles. The molecule has 0 spiro atoms. The molecule has 2 aromatic rings. The van der Waals surface area contributed by atoms with Crippen molar-refractivity contribution in [1.29, 1.82) is 0 Å². The van der Waals surface area contributed by atoms with Gasteiger partial charge in [0.05, 0.1) is 19.1 Å². The number of nitrogens with zero attached hydrogens (tertiary/aromatic N) is 1. The molecule has 0 radical (unpaired) electrons. The standard InChI is InChI=1S/C21H25NO4/c1-22(26-15-16-5-3-2-4-6-16)21(24)14-17-7-8-19-18(13-17)10-12-25-20(19)9-11-23/h2-8,13,20,23H,9-12,14-15H2,1H3/t20-/m0/s1. The molecule has 1 aliphatic rings. The van der Waals surface area contributed by atoms with Crippen LogP contribution in [0.4, 0.5) is 0 Å². The highest BCUT2D eigenvalue weighted by Gasteiger charge is 2.21. The van der Waals surface area contributed by atoms with Gasteiger partial charge in [-0.2, -0.15) is 0 Å². The highest BCUT2D eigenvalue weighted by atomic mass is 16.7. The number of hydrogen-bond donors (Lipinski definition) is 1. The van der Waals surface area contributed by atoms with Crippen LogP contribution in [0, 0.1) is 0 Å². The van der Waals surface area contributed by atoms with Gasteiger partial charge in [0.2, 0.25) is 5.91 Å². The normalized spacial score (nSPS) is 16.2. The van der Waals surface area contributed by atoms with Gasteiger partial charge in [0.15, 0.2) is 0 Å². The third-order valence-corrected chi connectivity index (χ3v) is 4.61. The molecule has 3 rings (SSSR count). The molecule has 5 heteroatoms. The lowest BCUT2D eigenvalue weighted by Crippen LogP contribution is -2.28. The Balaban J connectivity index is 1.58. The van der Waals surface area contributed by atoms with Gasteiger partial charge in [0.25, 0.3) is 0 Å². The van der Waals surface area contributed by atoms with E-state index in [1.54, 1.807) is 7.05 Å². The third-order valence-electron chi connectivity index (χ3n) is 4.61. The van der Waals surface area contributed by atoms with E-state index in [2.05, 4.69) is 6.07 Å². The number of rotatable bonds is 7. The fraction of sp³-hybridized carbons (Fsp3) is 0.381. The second-order valence-corrected chi connectivity index (χ2v) is 6.48. The van der Waals surface area contributed by atoms with Crippen LogP contribution in [0.25, 0.3) is 0 Å². The summed E-state index contributed by atoms with van der Waals surface area (Å²) in [5.74, 6) is -0.0835. The van der Waals surface area contributed by atoms with E-state index in [1.807, 2.05) is 42.5 Å². The van der Waals surface area contributed by atoms with Crippen molar-refractivity contribution in [3.63, 3.8) is 0 Å². The van der Waals surface area contributed by atoms with Crippen LogP contribution >= 0.6 is 0 Å². The molecule has 1 aliphatic heterocycles. The van der Waals surface area contributed by atoms with Gasteiger partial charge in [-0.15, -0.1) is 0 Å². The second-order valence-electron chi connectivity index (χ2n) is 6.48. The zero-order chi connectivity index (χ0) is 18.4. The fourth-order valence-electron chi connectivity index (χ4n) is 3.16. The lowest BCUT2D eigenvalue weighted by molar-refractivity contribution is -0.181. The van der Waals surface area contributed by atoms with Gasteiger partial charge < -0.3 is 9.84 Å². The molecule has 1 N–H and O–H groups in total. The molecule has 2 aromatic carbocycles. The molecule has 0 unspecified atom stereocenters. The predicted molar refractivity (Wildman–Crippen MR) is 98.2 cm³/mol. The van der Waals surface area contributed by atoms with Crippen LogP contribution in [0.15, 0.2) is 48.5 Å². The van der Waals surface area contributed by atoms with Crippen LogP contribution in [0.5, 0.6) is 0 Å². The lowest BCUT2D eigenvalue weighted by atomic mass is 9.93. The Hall–Kier alpha value is -2.21. The van der Waals surface area contributed by atoms with Gasteiger partial charge in [-0.05, 0) is 28.7 Å². The molecule has 0 saturated carbocycles. The SMILES string of the molecule is CN(OCc1ccccc1)C(=O)Cc1ccc2c(c1)CCO[C@H]2CCO. The zero-order valence-corrected chi connectivity index (χ0v) is 15.1. The van der Waals surface area contributed by atoms with Gasteiger partial charge in [-0.1, -0.05) is 48.5 Å². The number of carbonyl (C=O) groups excluding carboxylic acids is 1. The first-order chi connectivity index (χ1) is 12.7. The van der Waals surface area contributed by atoms with Crippen LogP contribution < -0.4 is 0 Å². The molecule has 5 nitrogen and oxygen atoms in total. The van der Waals surface area contributed by atoms with E-state index < -0.39 is 0 Å². The minimum absolute atomic E-state index is 0.0506. The minimum Gasteiger partial charge on any atom is -0.396 e. The third kappa shape index (κ3) is 4.69. The van der Waals surface area contributed by atoms with Crippen molar-refractivity contribution in [1.82, 2.24) is 5.06 Å². The summed E-state index contributed by atoms with van der Waals surface area (Å²) in [5, 5.41) is 10.5. The highest BCUT2D eigenvalue weighted by molar-refractivity contribution is 5.77. The summed E-state index contributed by atoms with van der Waals surface area (Å²) < 4.78 is 5.72. The molecule has 1 amide bonds. The largest absolute Gasteiger partial charge is 0.396 e. The Kier molecular flexibility index (Phi) is 6.39. The van der Waals surface area contributed by atoms with Crippen molar-refractivity contribution < 1.29 is 19.5 Å². The summed E-state index contributed by atoms with van der Waals surface area (Å²) in [4.78, 5) is 18.0. The van der Waals surface area contributed by atoms with Gasteiger partial charge in [0, 0.05) is 20.1 Å². The number of hydroxylamine groups is 2. The first kappa shape index (κ1) is 18.6. The van der Waals surface area contributed by atoms with Crippen LogP contribution in [0.2, 0.25) is 0 Å². The van der Waals surface area contributed by atoms with Crippen molar-refractivity contribution in [2.24, 2.45) is 0 Å². The lowest BCUT2D eigenvalue weighted by Gasteiger charge is -2.26. The van der Waals surface area contributed by atoms with E-state index in [0.717, 1.165) is 23.1 Å². The van der Waals surface area contributed by atoms with Gasteiger partial charge in [0.1, 0.15) is 6.61 Å². The van der Waals surface area contributed by atoms with Gasteiger partial charge in [-0.25, -0.2) is 5.06 Å². The van der Waals surface area contributed by atoms with E-state index in [1.165, 1.54) is 10.6 Å². The van der Waals surface area contributed by atoms with Crippen LogP contribution in [0.3, 0.4) is 0 Å². The first-order valence-corrected chi connectivity index (χ1v) is 8.95. The van der Waals surface area contributed by atoms with Gasteiger partial charge in [-0.3, -0.25) is 9.63 Å². The van der Waals surface area contributed by atoms with Crippen LogP contribution in [-0.2, 0) is 33.8 Å². The number of benzene rings is 2. The highest BCUT2D eigenvalue weighted by Crippen LogP contribution is 2.30. The molecular formula is C21H25NO4. The molecule has 26 heavy (non-hydrogen) atoms. The van der Waals surface area contributed by atoms with Crippen LogP contribution in [-0.4, -0.2) is 36.3 Å². The quantitative estimate of drug-likeness (QED) is 0.776. The van der Waals surface area contributed by atoms with E-state index in [0.29, 0.717) is 26.1 Å². The topological polar surface area (TPSA) is 59.0 Å². The summed E-state index contributed by atoms with van der Waals surface area (Å²) in [6.07, 6.45) is 1.68. The molecule has 1 heterocycles. The molecule has 0 bridgehead atoms. The predicted octanol–water partition coefficient (Wildman–Crippen LogP) is 2.82. The van der Waals surface area contributed by atoms with Crippen molar-refractivity contribution in [2.45, 2.75) is 32.0 Å². The van der Waals surface area contributed by atoms with Crippen molar-refractivity contribution >= 4 is 5.91 Å². The maximum atomic E-state index is 12.4. The smallest absolute Gasteiger partial charge is 0.250 e. The molecular weight excluding hydrogens is 330 g/mol. The van der Waals surface area contributed by atoms with Crippen LogP contribution in [0.1, 0.15) is 34.8 Å². The average molecular weight is 355 g/mol. The number of ether oxygens (including phenoxy) is 1. The maximum Gasteiger partial charge on any atom is 0.250 e. The summed E-state index contributed by atoms with van der Waals surface area (Å²) in [6, 6.07) is 15.8. The summed E-state index contributed by atoms with van der Waals surface area (Å²) in [7, 11) is 1.65. The number of fused-ring (bicyclic) bond motifs is 1.